The maximum atomic E-state index is 4.26. The summed E-state index contributed by atoms with van der Waals surface area (Å²) in [6.45, 7) is 5.32. The van der Waals surface area contributed by atoms with Crippen molar-refractivity contribution < 1.29 is 0 Å². The first-order valence-electron chi connectivity index (χ1n) is 4.54. The lowest BCUT2D eigenvalue weighted by Gasteiger charge is -2.25. The molecule has 0 aromatic heterocycles. The Labute approximate surface area is 82.8 Å². The lowest BCUT2D eigenvalue weighted by atomic mass is 10.2. The summed E-state index contributed by atoms with van der Waals surface area (Å²) >= 11 is 3.46. The van der Waals surface area contributed by atoms with Gasteiger partial charge in [-0.05, 0) is 19.8 Å². The van der Waals surface area contributed by atoms with Crippen LogP contribution in [0.1, 0.15) is 33.1 Å². The zero-order valence-corrected chi connectivity index (χ0v) is 9.29. The van der Waals surface area contributed by atoms with Crippen molar-refractivity contribution in [3.8, 4) is 0 Å². The van der Waals surface area contributed by atoms with Crippen molar-refractivity contribution >= 4 is 22.5 Å². The van der Waals surface area contributed by atoms with Crippen LogP contribution in [0, 0.1) is 0 Å². The molecule has 0 N–H and O–H groups in total. The molecule has 1 rings (SSSR count). The second-order valence-electron chi connectivity index (χ2n) is 2.95. The van der Waals surface area contributed by atoms with Gasteiger partial charge >= 0.3 is 0 Å². The van der Waals surface area contributed by atoms with Gasteiger partial charge in [-0.25, -0.2) is 0 Å². The minimum Gasteiger partial charge on any atom is -0.274 e. The van der Waals surface area contributed by atoms with Crippen molar-refractivity contribution in [2.75, 3.05) is 6.54 Å². The molecule has 0 amide bonds. The predicted molar refractivity (Wildman–Crippen MR) is 55.0 cm³/mol. The molecule has 1 aliphatic rings. The van der Waals surface area contributed by atoms with Gasteiger partial charge in [-0.1, -0.05) is 13.3 Å². The summed E-state index contributed by atoms with van der Waals surface area (Å²) in [5.41, 5.74) is 0. The van der Waals surface area contributed by atoms with Crippen LogP contribution >= 0.6 is 16.1 Å². The first-order valence-corrected chi connectivity index (χ1v) is 5.25. The fourth-order valence-corrected chi connectivity index (χ4v) is 1.85. The van der Waals surface area contributed by atoms with Crippen LogP contribution in [0.4, 0.5) is 0 Å². The van der Waals surface area contributed by atoms with Gasteiger partial charge in [-0.2, -0.15) is 5.10 Å². The highest BCUT2D eigenvalue weighted by Gasteiger charge is 2.23. The molecule has 4 heteroatoms. The Balaban J connectivity index is 2.39. The van der Waals surface area contributed by atoms with Gasteiger partial charge in [0.25, 0.3) is 0 Å². The van der Waals surface area contributed by atoms with Gasteiger partial charge in [0.15, 0.2) is 0 Å². The minimum absolute atomic E-state index is 0.426. The predicted octanol–water partition coefficient (Wildman–Crippen LogP) is 2.39. The van der Waals surface area contributed by atoms with E-state index in [1.165, 1.54) is 19.3 Å². The van der Waals surface area contributed by atoms with Gasteiger partial charge in [0.1, 0.15) is 12.5 Å². The Morgan fingerprint density at radius 3 is 2.83 bits per heavy atom. The van der Waals surface area contributed by atoms with Crippen LogP contribution in [-0.4, -0.2) is 28.0 Å². The molecule has 3 nitrogen and oxygen atoms in total. The minimum atomic E-state index is 0.426. The molecule has 1 heterocycles. The number of hydrazone groups is 1. The van der Waals surface area contributed by atoms with E-state index in [1.54, 1.807) is 0 Å². The standard InChI is InChI=1S/C8H16BrN3/c1-3-5-6-8-11(9)7-10-12(8)4-2/h7-8H,3-6H2,1-2H3. The third-order valence-corrected chi connectivity index (χ3v) is 2.73. The van der Waals surface area contributed by atoms with E-state index < -0.39 is 0 Å². The first kappa shape index (κ1) is 9.84. The molecule has 1 unspecified atom stereocenters. The van der Waals surface area contributed by atoms with Crippen LogP contribution < -0.4 is 0 Å². The van der Waals surface area contributed by atoms with Crippen LogP contribution in [0.25, 0.3) is 0 Å². The fraction of sp³-hybridized carbons (Fsp3) is 0.875. The number of rotatable bonds is 4. The lowest BCUT2D eigenvalue weighted by molar-refractivity contribution is 0.178. The maximum absolute atomic E-state index is 4.26. The summed E-state index contributed by atoms with van der Waals surface area (Å²) in [5.74, 6) is 0. The molecule has 70 valence electrons. The molecule has 0 bridgehead atoms. The topological polar surface area (TPSA) is 18.8 Å². The molecule has 0 aromatic rings. The van der Waals surface area contributed by atoms with E-state index in [9.17, 15) is 0 Å². The molecule has 12 heavy (non-hydrogen) atoms. The van der Waals surface area contributed by atoms with Crippen molar-refractivity contribution in [1.82, 2.24) is 8.93 Å². The summed E-state index contributed by atoms with van der Waals surface area (Å²) in [6.07, 6.45) is 5.94. The Bertz CT molecular complexity index is 160. The average Bonchev–Trinajstić information content (AvgIpc) is 2.43. The van der Waals surface area contributed by atoms with Crippen molar-refractivity contribution in [3.63, 3.8) is 0 Å². The quantitative estimate of drug-likeness (QED) is 0.695. The maximum Gasteiger partial charge on any atom is 0.129 e. The molecule has 0 aromatic carbocycles. The molecule has 1 atom stereocenters. The average molecular weight is 234 g/mol. The van der Waals surface area contributed by atoms with E-state index in [0.717, 1.165) is 6.54 Å². The third-order valence-electron chi connectivity index (χ3n) is 2.08. The Kier molecular flexibility index (Phi) is 3.85. The smallest absolute Gasteiger partial charge is 0.129 e. The monoisotopic (exact) mass is 233 g/mol. The first-order chi connectivity index (χ1) is 5.79. The van der Waals surface area contributed by atoms with Crippen LogP contribution in [-0.2, 0) is 0 Å². The highest BCUT2D eigenvalue weighted by atomic mass is 79.9. The van der Waals surface area contributed by atoms with Crippen molar-refractivity contribution in [1.29, 1.82) is 0 Å². The van der Waals surface area contributed by atoms with Crippen LogP contribution in [0.3, 0.4) is 0 Å². The Hall–Kier alpha value is -0.250. The molecular weight excluding hydrogens is 218 g/mol. The SMILES string of the molecule is CCCCC1N(Br)C=NN1CC. The van der Waals surface area contributed by atoms with Gasteiger partial charge in [0, 0.05) is 6.54 Å². The van der Waals surface area contributed by atoms with Crippen LogP contribution in [0.15, 0.2) is 5.10 Å². The molecular formula is C8H16BrN3. The lowest BCUT2D eigenvalue weighted by Crippen LogP contribution is -2.34. The number of hydrogen-bond acceptors (Lipinski definition) is 3. The highest BCUT2D eigenvalue weighted by molar-refractivity contribution is 9.07. The van der Waals surface area contributed by atoms with Crippen LogP contribution in [0.5, 0.6) is 0 Å². The fourth-order valence-electron chi connectivity index (χ4n) is 1.35. The summed E-state index contributed by atoms with van der Waals surface area (Å²) in [6, 6.07) is 0. The second kappa shape index (κ2) is 4.70. The molecule has 0 saturated heterocycles. The molecule has 0 aliphatic carbocycles. The number of nitrogens with zero attached hydrogens (tertiary/aromatic N) is 3. The zero-order valence-electron chi connectivity index (χ0n) is 7.70. The number of unbranched alkanes of at least 4 members (excludes halogenated alkanes) is 1. The largest absolute Gasteiger partial charge is 0.274 e. The summed E-state index contributed by atoms with van der Waals surface area (Å²) in [5, 5.41) is 6.36. The van der Waals surface area contributed by atoms with E-state index in [4.69, 9.17) is 0 Å². The summed E-state index contributed by atoms with van der Waals surface area (Å²) in [7, 11) is 0. The van der Waals surface area contributed by atoms with Gasteiger partial charge in [-0.3, -0.25) is 8.93 Å². The Morgan fingerprint density at radius 2 is 2.25 bits per heavy atom. The van der Waals surface area contributed by atoms with E-state index >= 15 is 0 Å². The van der Waals surface area contributed by atoms with Gasteiger partial charge in [0.05, 0.1) is 16.1 Å². The second-order valence-corrected chi connectivity index (χ2v) is 3.77. The number of hydrogen-bond donors (Lipinski definition) is 0. The molecule has 0 saturated carbocycles. The highest BCUT2D eigenvalue weighted by Crippen LogP contribution is 2.20. The van der Waals surface area contributed by atoms with E-state index in [2.05, 4.69) is 40.1 Å². The van der Waals surface area contributed by atoms with Crippen LogP contribution in [0.2, 0.25) is 0 Å². The molecule has 0 spiro atoms. The van der Waals surface area contributed by atoms with Gasteiger partial charge in [0.2, 0.25) is 0 Å². The van der Waals surface area contributed by atoms with E-state index in [0.29, 0.717) is 6.17 Å². The summed E-state index contributed by atoms with van der Waals surface area (Å²) < 4.78 is 2.01. The zero-order chi connectivity index (χ0) is 8.97. The Morgan fingerprint density at radius 1 is 1.50 bits per heavy atom. The number of halogens is 1. The summed E-state index contributed by atoms with van der Waals surface area (Å²) in [4.78, 5) is 0. The normalized spacial score (nSPS) is 22.4. The van der Waals surface area contributed by atoms with Gasteiger partial charge < -0.3 is 0 Å². The van der Waals surface area contributed by atoms with E-state index in [1.807, 2.05) is 10.3 Å². The van der Waals surface area contributed by atoms with Crippen molar-refractivity contribution in [2.24, 2.45) is 5.10 Å². The molecule has 0 radical (unpaired) electrons. The third kappa shape index (κ3) is 2.12. The van der Waals surface area contributed by atoms with Gasteiger partial charge in [-0.15, -0.1) is 0 Å². The van der Waals surface area contributed by atoms with E-state index in [-0.39, 0.29) is 0 Å². The van der Waals surface area contributed by atoms with Crippen molar-refractivity contribution in [3.05, 3.63) is 0 Å². The molecule has 0 fully saturated rings. The molecule has 1 aliphatic heterocycles. The van der Waals surface area contributed by atoms with Crippen molar-refractivity contribution in [2.45, 2.75) is 39.3 Å².